The number of anilines is 1. The van der Waals surface area contributed by atoms with Crippen molar-refractivity contribution in [3.05, 3.63) is 24.3 Å². The Balaban J connectivity index is 2.87. The Kier molecular flexibility index (Phi) is 9.88. The van der Waals surface area contributed by atoms with E-state index in [1.807, 2.05) is 13.8 Å². The number of carbonyl (C=O) groups excluding carboxylic acids is 1. The number of hydrogen-bond acceptors (Lipinski definition) is 3. The quantitative estimate of drug-likeness (QED) is 0.572. The molecule has 0 fully saturated rings. The average molecular weight is 383 g/mol. The molecule has 1 amide bonds. The van der Waals surface area contributed by atoms with Crippen molar-refractivity contribution in [2.75, 3.05) is 18.4 Å². The molecule has 0 heterocycles. The highest BCUT2D eigenvalue weighted by molar-refractivity contribution is 7.89. The van der Waals surface area contributed by atoms with E-state index in [2.05, 4.69) is 19.2 Å². The molecule has 1 aromatic carbocycles. The number of hydrogen-bond donors (Lipinski definition) is 1. The minimum Gasteiger partial charge on any atom is -0.326 e. The molecule has 0 aliphatic carbocycles. The molecule has 5 nitrogen and oxygen atoms in total. The van der Waals surface area contributed by atoms with Gasteiger partial charge < -0.3 is 5.32 Å². The van der Waals surface area contributed by atoms with Crippen LogP contribution in [0.5, 0.6) is 0 Å². The second-order valence-electron chi connectivity index (χ2n) is 6.81. The predicted molar refractivity (Wildman–Crippen MR) is 108 cm³/mol. The highest BCUT2D eigenvalue weighted by Gasteiger charge is 2.23. The summed E-state index contributed by atoms with van der Waals surface area (Å²) in [6.07, 6.45) is 5.41. The van der Waals surface area contributed by atoms with Gasteiger partial charge in [-0.05, 0) is 43.5 Å². The van der Waals surface area contributed by atoms with Crippen molar-refractivity contribution in [3.8, 4) is 0 Å². The topological polar surface area (TPSA) is 66.5 Å². The van der Waals surface area contributed by atoms with E-state index >= 15 is 0 Å². The van der Waals surface area contributed by atoms with Crippen LogP contribution in [-0.4, -0.2) is 31.7 Å². The van der Waals surface area contributed by atoms with Crippen molar-refractivity contribution in [3.63, 3.8) is 0 Å². The zero-order chi connectivity index (χ0) is 19.6. The molecule has 0 spiro atoms. The van der Waals surface area contributed by atoms with E-state index in [0.717, 1.165) is 38.5 Å². The summed E-state index contributed by atoms with van der Waals surface area (Å²) >= 11 is 0. The van der Waals surface area contributed by atoms with Gasteiger partial charge >= 0.3 is 0 Å². The standard InChI is InChI=1S/C20H34N2O3S/c1-5-8-15-22(16-9-6-2)26(24,25)19-13-11-18(12-14-19)21-20(23)17(4)10-7-3/h11-14,17H,5-10,15-16H2,1-4H3,(H,21,23). The van der Waals surface area contributed by atoms with Crippen LogP contribution in [0.25, 0.3) is 0 Å². The van der Waals surface area contributed by atoms with Gasteiger partial charge in [-0.15, -0.1) is 0 Å². The molecule has 1 N–H and O–H groups in total. The second kappa shape index (κ2) is 11.3. The van der Waals surface area contributed by atoms with E-state index < -0.39 is 10.0 Å². The average Bonchev–Trinajstić information content (AvgIpc) is 2.62. The SMILES string of the molecule is CCCCN(CCCC)S(=O)(=O)c1ccc(NC(=O)C(C)CCC)cc1. The van der Waals surface area contributed by atoms with Crippen molar-refractivity contribution >= 4 is 21.6 Å². The van der Waals surface area contributed by atoms with Crippen LogP contribution >= 0.6 is 0 Å². The first-order valence-corrected chi connectivity index (χ1v) is 11.2. The number of nitrogens with one attached hydrogen (secondary N) is 1. The molecule has 0 radical (unpaired) electrons. The van der Waals surface area contributed by atoms with Gasteiger partial charge in [-0.3, -0.25) is 4.79 Å². The fourth-order valence-electron chi connectivity index (χ4n) is 2.71. The zero-order valence-electron chi connectivity index (χ0n) is 16.6. The van der Waals surface area contributed by atoms with E-state index in [-0.39, 0.29) is 16.7 Å². The van der Waals surface area contributed by atoms with Gasteiger partial charge in [0.1, 0.15) is 0 Å². The molecule has 0 bridgehead atoms. The van der Waals surface area contributed by atoms with E-state index in [0.29, 0.717) is 18.8 Å². The van der Waals surface area contributed by atoms with Crippen LogP contribution in [-0.2, 0) is 14.8 Å². The number of unbranched alkanes of at least 4 members (excludes halogenated alkanes) is 2. The molecule has 1 atom stereocenters. The lowest BCUT2D eigenvalue weighted by Gasteiger charge is -2.22. The third kappa shape index (κ3) is 6.72. The van der Waals surface area contributed by atoms with Crippen LogP contribution in [0.3, 0.4) is 0 Å². The molecule has 0 aromatic heterocycles. The summed E-state index contributed by atoms with van der Waals surface area (Å²) in [6, 6.07) is 6.50. The van der Waals surface area contributed by atoms with Crippen LogP contribution < -0.4 is 5.32 Å². The Bertz CT molecular complexity index is 634. The molecule has 0 saturated heterocycles. The van der Waals surface area contributed by atoms with Gasteiger partial charge in [0.15, 0.2) is 0 Å². The lowest BCUT2D eigenvalue weighted by Crippen LogP contribution is -2.33. The maximum Gasteiger partial charge on any atom is 0.243 e. The van der Waals surface area contributed by atoms with Gasteiger partial charge in [0.25, 0.3) is 0 Å². The Morgan fingerprint density at radius 1 is 1.00 bits per heavy atom. The van der Waals surface area contributed by atoms with Crippen LogP contribution in [0.1, 0.15) is 66.2 Å². The first-order valence-electron chi connectivity index (χ1n) is 9.77. The van der Waals surface area contributed by atoms with Gasteiger partial charge in [-0.2, -0.15) is 4.31 Å². The molecule has 148 valence electrons. The summed E-state index contributed by atoms with van der Waals surface area (Å²) in [5.74, 6) is -0.0861. The van der Waals surface area contributed by atoms with E-state index in [1.165, 1.54) is 0 Å². The van der Waals surface area contributed by atoms with Crippen molar-refractivity contribution in [2.45, 2.75) is 71.1 Å². The van der Waals surface area contributed by atoms with Crippen molar-refractivity contribution in [2.24, 2.45) is 5.92 Å². The smallest absolute Gasteiger partial charge is 0.243 e. The van der Waals surface area contributed by atoms with E-state index in [9.17, 15) is 13.2 Å². The van der Waals surface area contributed by atoms with Crippen LogP contribution in [0.2, 0.25) is 0 Å². The monoisotopic (exact) mass is 382 g/mol. The lowest BCUT2D eigenvalue weighted by molar-refractivity contribution is -0.119. The fourth-order valence-corrected chi connectivity index (χ4v) is 4.23. The first-order chi connectivity index (χ1) is 12.4. The largest absolute Gasteiger partial charge is 0.326 e. The molecular weight excluding hydrogens is 348 g/mol. The molecule has 1 rings (SSSR count). The Hall–Kier alpha value is -1.40. The molecule has 0 aliphatic heterocycles. The van der Waals surface area contributed by atoms with Gasteiger partial charge in [0.2, 0.25) is 15.9 Å². The summed E-state index contributed by atoms with van der Waals surface area (Å²) in [5.41, 5.74) is 0.630. The molecular formula is C20H34N2O3S. The number of carbonyl (C=O) groups is 1. The summed E-state index contributed by atoms with van der Waals surface area (Å²) < 4.78 is 27.4. The van der Waals surface area contributed by atoms with E-state index in [4.69, 9.17) is 0 Å². The number of benzene rings is 1. The summed E-state index contributed by atoms with van der Waals surface area (Å²) in [4.78, 5) is 12.4. The lowest BCUT2D eigenvalue weighted by atomic mass is 10.1. The van der Waals surface area contributed by atoms with Crippen molar-refractivity contribution in [1.29, 1.82) is 0 Å². The Morgan fingerprint density at radius 2 is 1.54 bits per heavy atom. The van der Waals surface area contributed by atoms with Gasteiger partial charge in [-0.1, -0.05) is 47.0 Å². The minimum atomic E-state index is -3.50. The third-order valence-corrected chi connectivity index (χ3v) is 6.36. The second-order valence-corrected chi connectivity index (χ2v) is 8.75. The molecule has 6 heteroatoms. The normalized spacial score (nSPS) is 13.0. The van der Waals surface area contributed by atoms with Crippen molar-refractivity contribution in [1.82, 2.24) is 4.31 Å². The van der Waals surface area contributed by atoms with Gasteiger partial charge in [0, 0.05) is 24.7 Å². The van der Waals surface area contributed by atoms with Gasteiger partial charge in [0.05, 0.1) is 4.90 Å². The highest BCUT2D eigenvalue weighted by Crippen LogP contribution is 2.20. The fraction of sp³-hybridized carbons (Fsp3) is 0.650. The van der Waals surface area contributed by atoms with Gasteiger partial charge in [-0.25, -0.2) is 8.42 Å². The zero-order valence-corrected chi connectivity index (χ0v) is 17.4. The molecule has 1 unspecified atom stereocenters. The predicted octanol–water partition coefficient (Wildman–Crippen LogP) is 4.65. The van der Waals surface area contributed by atoms with Crippen LogP contribution in [0, 0.1) is 5.92 Å². The minimum absolute atomic E-state index is 0.0324. The van der Waals surface area contributed by atoms with E-state index in [1.54, 1.807) is 28.6 Å². The summed E-state index contributed by atoms with van der Waals surface area (Å²) in [5, 5.41) is 2.86. The summed E-state index contributed by atoms with van der Waals surface area (Å²) in [7, 11) is -3.50. The molecule has 1 aromatic rings. The molecule has 0 aliphatic rings. The number of sulfonamides is 1. The first kappa shape index (κ1) is 22.6. The molecule has 0 saturated carbocycles. The maximum atomic E-state index is 12.9. The van der Waals surface area contributed by atoms with Crippen molar-refractivity contribution < 1.29 is 13.2 Å². The number of rotatable bonds is 12. The highest BCUT2D eigenvalue weighted by atomic mass is 32.2. The van der Waals surface area contributed by atoms with Crippen LogP contribution in [0.4, 0.5) is 5.69 Å². The molecule has 26 heavy (non-hydrogen) atoms. The maximum absolute atomic E-state index is 12.9. The Morgan fingerprint density at radius 3 is 2.00 bits per heavy atom. The van der Waals surface area contributed by atoms with Crippen LogP contribution in [0.15, 0.2) is 29.2 Å². The Labute approximate surface area is 159 Å². The summed E-state index contributed by atoms with van der Waals surface area (Å²) in [6.45, 7) is 9.16. The number of nitrogens with zero attached hydrogens (tertiary/aromatic N) is 1. The third-order valence-electron chi connectivity index (χ3n) is 4.45. The number of amides is 1.